The van der Waals surface area contributed by atoms with Crippen molar-refractivity contribution in [3.63, 3.8) is 0 Å². The molecule has 0 aliphatic carbocycles. The van der Waals surface area contributed by atoms with Gasteiger partial charge in [0.05, 0.1) is 9.16 Å². The van der Waals surface area contributed by atoms with E-state index in [9.17, 15) is 0 Å². The molecule has 1 aromatic heterocycles. The molecule has 0 radical (unpaired) electrons. The highest BCUT2D eigenvalue weighted by Gasteiger charge is 2.11. The first-order valence-corrected chi connectivity index (χ1v) is 6.57. The maximum Gasteiger partial charge on any atom is 0.0843 e. The minimum atomic E-state index is 0.169. The molecule has 0 aromatic carbocycles. The van der Waals surface area contributed by atoms with E-state index in [1.165, 1.54) is 4.88 Å². The first-order chi connectivity index (χ1) is 5.65. The van der Waals surface area contributed by atoms with E-state index in [0.717, 1.165) is 21.1 Å². The minimum Gasteiger partial charge on any atom is -0.131 e. The van der Waals surface area contributed by atoms with E-state index in [0.29, 0.717) is 0 Å². The van der Waals surface area contributed by atoms with Crippen LogP contribution in [0.25, 0.3) is 0 Å². The molecule has 0 N–H and O–H groups in total. The Kier molecular flexibility index (Phi) is 4.58. The van der Waals surface area contributed by atoms with Gasteiger partial charge in [0.25, 0.3) is 0 Å². The van der Waals surface area contributed by atoms with Gasteiger partial charge in [0, 0.05) is 9.35 Å². The summed E-state index contributed by atoms with van der Waals surface area (Å²) in [5.41, 5.74) is 0. The first kappa shape index (κ1) is 11.0. The van der Waals surface area contributed by atoms with Crippen molar-refractivity contribution in [3.8, 4) is 0 Å². The molecule has 0 saturated carbocycles. The zero-order valence-corrected chi connectivity index (χ0v) is 11.4. The van der Waals surface area contributed by atoms with Gasteiger partial charge in [-0.1, -0.05) is 13.3 Å². The SMILES string of the molecule is CCCC(Cl)c1cc(Br)c(Br)s1. The summed E-state index contributed by atoms with van der Waals surface area (Å²) >= 11 is 14.7. The Labute approximate surface area is 98.6 Å². The zero-order valence-electron chi connectivity index (χ0n) is 6.61. The van der Waals surface area contributed by atoms with Crippen molar-refractivity contribution in [2.24, 2.45) is 0 Å². The molecule has 0 bridgehead atoms. The van der Waals surface area contributed by atoms with Crippen molar-refractivity contribution >= 4 is 54.8 Å². The largest absolute Gasteiger partial charge is 0.131 e. The van der Waals surface area contributed by atoms with Crippen LogP contribution in [0, 0.1) is 0 Å². The molecule has 0 aliphatic heterocycles. The maximum absolute atomic E-state index is 6.16. The van der Waals surface area contributed by atoms with Crippen LogP contribution in [0.4, 0.5) is 0 Å². The van der Waals surface area contributed by atoms with E-state index in [1.54, 1.807) is 11.3 Å². The van der Waals surface area contributed by atoms with Crippen LogP contribution in [0.5, 0.6) is 0 Å². The molecule has 0 fully saturated rings. The highest BCUT2D eigenvalue weighted by atomic mass is 79.9. The maximum atomic E-state index is 6.16. The molecule has 4 heteroatoms. The lowest BCUT2D eigenvalue weighted by Gasteiger charge is -2.02. The molecule has 1 unspecified atom stereocenters. The molecular weight excluding hydrogens is 323 g/mol. The summed E-state index contributed by atoms with van der Waals surface area (Å²) < 4.78 is 2.23. The van der Waals surface area contributed by atoms with Gasteiger partial charge in [-0.3, -0.25) is 0 Å². The molecule has 1 heterocycles. The molecule has 0 saturated heterocycles. The quantitative estimate of drug-likeness (QED) is 0.654. The second-order valence-electron chi connectivity index (χ2n) is 2.53. The van der Waals surface area contributed by atoms with Gasteiger partial charge in [-0.2, -0.15) is 0 Å². The van der Waals surface area contributed by atoms with Crippen molar-refractivity contribution in [3.05, 3.63) is 19.2 Å². The lowest BCUT2D eigenvalue weighted by molar-refractivity contribution is 0.780. The van der Waals surface area contributed by atoms with Gasteiger partial charge in [-0.15, -0.1) is 22.9 Å². The monoisotopic (exact) mass is 330 g/mol. The second-order valence-corrected chi connectivity index (χ2v) is 6.31. The lowest BCUT2D eigenvalue weighted by Crippen LogP contribution is -1.83. The standard InChI is InChI=1S/C8H9Br2ClS/c1-2-3-6(11)7-4-5(9)8(10)12-7/h4,6H,2-3H2,1H3. The van der Waals surface area contributed by atoms with Crippen molar-refractivity contribution in [2.45, 2.75) is 25.1 Å². The number of hydrogen-bond acceptors (Lipinski definition) is 1. The number of rotatable bonds is 3. The Morgan fingerprint density at radius 2 is 2.25 bits per heavy atom. The molecular formula is C8H9Br2ClS. The van der Waals surface area contributed by atoms with Crippen LogP contribution in [0.3, 0.4) is 0 Å². The van der Waals surface area contributed by atoms with Crippen LogP contribution >= 0.6 is 54.8 Å². The molecule has 0 nitrogen and oxygen atoms in total. The highest BCUT2D eigenvalue weighted by Crippen LogP contribution is 2.39. The molecule has 0 aliphatic rings. The molecule has 12 heavy (non-hydrogen) atoms. The van der Waals surface area contributed by atoms with Gasteiger partial charge in [0.15, 0.2) is 0 Å². The summed E-state index contributed by atoms with van der Waals surface area (Å²) in [7, 11) is 0. The average Bonchev–Trinajstić information content (AvgIpc) is 2.33. The van der Waals surface area contributed by atoms with E-state index in [1.807, 2.05) is 0 Å². The fraction of sp³-hybridized carbons (Fsp3) is 0.500. The molecule has 1 rings (SSSR count). The Balaban J connectivity index is 2.74. The fourth-order valence-corrected chi connectivity index (χ4v) is 3.43. The molecule has 0 spiro atoms. The summed E-state index contributed by atoms with van der Waals surface area (Å²) in [6.45, 7) is 2.15. The summed E-state index contributed by atoms with van der Waals surface area (Å²) in [6.07, 6.45) is 2.17. The predicted molar refractivity (Wildman–Crippen MR) is 63.2 cm³/mol. The van der Waals surface area contributed by atoms with Gasteiger partial charge in [-0.05, 0) is 44.3 Å². The van der Waals surface area contributed by atoms with Crippen LogP contribution in [-0.2, 0) is 0 Å². The zero-order chi connectivity index (χ0) is 9.14. The molecule has 68 valence electrons. The van der Waals surface area contributed by atoms with E-state index >= 15 is 0 Å². The normalized spacial score (nSPS) is 13.3. The van der Waals surface area contributed by atoms with Crippen molar-refractivity contribution in [1.29, 1.82) is 0 Å². The number of thiophene rings is 1. The summed E-state index contributed by atoms with van der Waals surface area (Å²) in [6, 6.07) is 2.09. The number of halogens is 3. The van der Waals surface area contributed by atoms with Crippen molar-refractivity contribution < 1.29 is 0 Å². The summed E-state index contributed by atoms with van der Waals surface area (Å²) in [5, 5.41) is 0.169. The minimum absolute atomic E-state index is 0.169. The van der Waals surface area contributed by atoms with Crippen molar-refractivity contribution in [2.75, 3.05) is 0 Å². The Morgan fingerprint density at radius 1 is 1.58 bits per heavy atom. The molecule has 0 amide bonds. The van der Waals surface area contributed by atoms with Gasteiger partial charge in [0.1, 0.15) is 0 Å². The Bertz CT molecular complexity index is 240. The third-order valence-electron chi connectivity index (χ3n) is 1.52. The predicted octanol–water partition coefficient (Wildman–Crippen LogP) is 5.35. The van der Waals surface area contributed by atoms with Crippen LogP contribution in [0.1, 0.15) is 30.0 Å². The fourth-order valence-electron chi connectivity index (χ4n) is 0.913. The summed E-state index contributed by atoms with van der Waals surface area (Å²) in [5.74, 6) is 0. The second kappa shape index (κ2) is 4.99. The van der Waals surface area contributed by atoms with Gasteiger partial charge < -0.3 is 0 Å². The molecule has 1 aromatic rings. The van der Waals surface area contributed by atoms with Crippen LogP contribution in [0.15, 0.2) is 14.3 Å². The molecule has 1 atom stereocenters. The van der Waals surface area contributed by atoms with Crippen molar-refractivity contribution in [1.82, 2.24) is 0 Å². The van der Waals surface area contributed by atoms with Crippen LogP contribution in [-0.4, -0.2) is 0 Å². The smallest absolute Gasteiger partial charge is 0.0843 e. The third-order valence-corrected chi connectivity index (χ3v) is 5.47. The van der Waals surface area contributed by atoms with Crippen LogP contribution < -0.4 is 0 Å². The third kappa shape index (κ3) is 2.72. The van der Waals surface area contributed by atoms with Crippen LogP contribution in [0.2, 0.25) is 0 Å². The number of hydrogen-bond donors (Lipinski definition) is 0. The van der Waals surface area contributed by atoms with Gasteiger partial charge in [-0.25, -0.2) is 0 Å². The lowest BCUT2D eigenvalue weighted by atomic mass is 10.2. The van der Waals surface area contributed by atoms with E-state index in [4.69, 9.17) is 11.6 Å². The average molecular weight is 332 g/mol. The summed E-state index contributed by atoms with van der Waals surface area (Å²) in [4.78, 5) is 1.23. The Hall–Kier alpha value is 0.950. The Morgan fingerprint density at radius 3 is 2.67 bits per heavy atom. The topological polar surface area (TPSA) is 0 Å². The van der Waals surface area contributed by atoms with Gasteiger partial charge >= 0.3 is 0 Å². The highest BCUT2D eigenvalue weighted by molar-refractivity contribution is 9.13. The van der Waals surface area contributed by atoms with Gasteiger partial charge in [0.2, 0.25) is 0 Å². The van der Waals surface area contributed by atoms with E-state index in [2.05, 4.69) is 44.8 Å². The van der Waals surface area contributed by atoms with E-state index in [-0.39, 0.29) is 5.38 Å². The van der Waals surface area contributed by atoms with E-state index < -0.39 is 0 Å². The number of alkyl halides is 1. The first-order valence-electron chi connectivity index (χ1n) is 3.74.